The molecule has 0 aromatic heterocycles. The topological polar surface area (TPSA) is 55.4 Å². The number of β-lactam (4-membered cyclic amide) rings is 1. The highest BCUT2D eigenvalue weighted by Crippen LogP contribution is 2.15. The van der Waals surface area contributed by atoms with Gasteiger partial charge in [0, 0.05) is 6.04 Å². The summed E-state index contributed by atoms with van der Waals surface area (Å²) in [4.78, 5) is 21.4. The van der Waals surface area contributed by atoms with Crippen LogP contribution in [0.2, 0.25) is 0 Å². The minimum atomic E-state index is -0.579. The zero-order valence-corrected chi connectivity index (χ0v) is 5.88. The second-order valence-electron chi connectivity index (χ2n) is 2.30. The lowest BCUT2D eigenvalue weighted by Gasteiger charge is -2.31. The SMILES string of the molecule is COC(=O)C1C(=O)NC1C. The Kier molecular flexibility index (Phi) is 1.61. The summed E-state index contributed by atoms with van der Waals surface area (Å²) in [6, 6.07) is -0.0695. The first kappa shape index (κ1) is 7.05. The first-order chi connectivity index (χ1) is 4.66. The number of carbonyl (C=O) groups is 2. The van der Waals surface area contributed by atoms with Gasteiger partial charge in [0.2, 0.25) is 5.91 Å². The van der Waals surface area contributed by atoms with Crippen LogP contribution in [0.5, 0.6) is 0 Å². The molecule has 2 atom stereocenters. The molecule has 10 heavy (non-hydrogen) atoms. The Morgan fingerprint density at radius 1 is 1.70 bits per heavy atom. The second-order valence-corrected chi connectivity index (χ2v) is 2.30. The van der Waals surface area contributed by atoms with Gasteiger partial charge in [-0.3, -0.25) is 9.59 Å². The van der Waals surface area contributed by atoms with Gasteiger partial charge in [-0.1, -0.05) is 0 Å². The molecule has 4 heteroatoms. The highest BCUT2D eigenvalue weighted by Gasteiger charge is 2.42. The van der Waals surface area contributed by atoms with Crippen molar-refractivity contribution in [2.24, 2.45) is 5.92 Å². The van der Waals surface area contributed by atoms with Crippen molar-refractivity contribution in [3.8, 4) is 0 Å². The molecule has 1 aliphatic rings. The Bertz CT molecular complexity index is 178. The van der Waals surface area contributed by atoms with E-state index in [1.54, 1.807) is 6.92 Å². The largest absolute Gasteiger partial charge is 0.468 e. The molecular formula is C6H9NO3. The van der Waals surface area contributed by atoms with Crippen LogP contribution in [0.4, 0.5) is 0 Å². The van der Waals surface area contributed by atoms with Gasteiger partial charge in [0.05, 0.1) is 7.11 Å². The summed E-state index contributed by atoms with van der Waals surface area (Å²) in [6.07, 6.45) is 0. The van der Waals surface area contributed by atoms with Gasteiger partial charge in [0.15, 0.2) is 5.92 Å². The van der Waals surface area contributed by atoms with Gasteiger partial charge in [-0.25, -0.2) is 0 Å². The lowest BCUT2D eigenvalue weighted by molar-refractivity contribution is -0.156. The van der Waals surface area contributed by atoms with Gasteiger partial charge in [-0.15, -0.1) is 0 Å². The second kappa shape index (κ2) is 2.28. The number of methoxy groups -OCH3 is 1. The summed E-state index contributed by atoms with van der Waals surface area (Å²) >= 11 is 0. The molecule has 0 aliphatic carbocycles. The van der Waals surface area contributed by atoms with Crippen molar-refractivity contribution < 1.29 is 14.3 Å². The minimum absolute atomic E-state index is 0.0695. The Balaban J connectivity index is 2.55. The molecule has 2 unspecified atom stereocenters. The van der Waals surface area contributed by atoms with E-state index < -0.39 is 11.9 Å². The van der Waals surface area contributed by atoms with Crippen LogP contribution in [0.15, 0.2) is 0 Å². The van der Waals surface area contributed by atoms with Crippen molar-refractivity contribution in [1.29, 1.82) is 0 Å². The number of ether oxygens (including phenoxy) is 1. The smallest absolute Gasteiger partial charge is 0.320 e. The molecule has 0 spiro atoms. The van der Waals surface area contributed by atoms with Crippen LogP contribution in [-0.2, 0) is 14.3 Å². The molecule has 1 N–H and O–H groups in total. The van der Waals surface area contributed by atoms with E-state index in [0.29, 0.717) is 0 Å². The third kappa shape index (κ3) is 0.853. The van der Waals surface area contributed by atoms with Gasteiger partial charge < -0.3 is 10.1 Å². The van der Waals surface area contributed by atoms with Crippen LogP contribution in [-0.4, -0.2) is 25.0 Å². The van der Waals surface area contributed by atoms with Crippen molar-refractivity contribution in [1.82, 2.24) is 5.32 Å². The van der Waals surface area contributed by atoms with E-state index in [4.69, 9.17) is 0 Å². The van der Waals surface area contributed by atoms with Gasteiger partial charge in [0.25, 0.3) is 0 Å². The molecule has 0 radical (unpaired) electrons. The quantitative estimate of drug-likeness (QED) is 0.300. The van der Waals surface area contributed by atoms with E-state index in [2.05, 4.69) is 10.1 Å². The molecule has 1 heterocycles. The van der Waals surface area contributed by atoms with E-state index in [-0.39, 0.29) is 11.9 Å². The number of hydrogen-bond donors (Lipinski definition) is 1. The van der Waals surface area contributed by atoms with E-state index in [1.165, 1.54) is 7.11 Å². The van der Waals surface area contributed by atoms with Gasteiger partial charge in [-0.05, 0) is 6.92 Å². The normalized spacial score (nSPS) is 30.4. The predicted molar refractivity (Wildman–Crippen MR) is 33.1 cm³/mol. The fourth-order valence-corrected chi connectivity index (χ4v) is 0.966. The van der Waals surface area contributed by atoms with Crippen molar-refractivity contribution in [3.05, 3.63) is 0 Å². The Morgan fingerprint density at radius 3 is 2.50 bits per heavy atom. The summed E-state index contributed by atoms with van der Waals surface area (Å²) < 4.78 is 4.40. The van der Waals surface area contributed by atoms with E-state index in [0.717, 1.165) is 0 Å². The van der Waals surface area contributed by atoms with Crippen molar-refractivity contribution in [2.45, 2.75) is 13.0 Å². The molecule has 1 fully saturated rings. The molecule has 1 amide bonds. The number of amides is 1. The van der Waals surface area contributed by atoms with E-state index in [9.17, 15) is 9.59 Å². The molecule has 1 aliphatic heterocycles. The lowest BCUT2D eigenvalue weighted by Crippen LogP contribution is -2.59. The summed E-state index contributed by atoms with van der Waals surface area (Å²) in [7, 11) is 1.28. The molecule has 56 valence electrons. The monoisotopic (exact) mass is 143 g/mol. The summed E-state index contributed by atoms with van der Waals surface area (Å²) in [6.45, 7) is 1.77. The summed E-state index contributed by atoms with van der Waals surface area (Å²) in [5, 5.41) is 2.53. The van der Waals surface area contributed by atoms with Gasteiger partial charge >= 0.3 is 5.97 Å². The van der Waals surface area contributed by atoms with Crippen molar-refractivity contribution in [3.63, 3.8) is 0 Å². The van der Waals surface area contributed by atoms with Crippen LogP contribution >= 0.6 is 0 Å². The maximum absolute atomic E-state index is 10.7. The highest BCUT2D eigenvalue weighted by atomic mass is 16.5. The first-order valence-electron chi connectivity index (χ1n) is 3.05. The standard InChI is InChI=1S/C6H9NO3/c1-3-4(5(8)7-3)6(9)10-2/h3-4H,1-2H3,(H,7,8). The van der Waals surface area contributed by atoms with Crippen LogP contribution in [0.3, 0.4) is 0 Å². The van der Waals surface area contributed by atoms with Gasteiger partial charge in [-0.2, -0.15) is 0 Å². The van der Waals surface area contributed by atoms with E-state index >= 15 is 0 Å². The molecular weight excluding hydrogens is 134 g/mol. The zero-order chi connectivity index (χ0) is 7.72. The third-order valence-electron chi connectivity index (χ3n) is 1.61. The number of hydrogen-bond acceptors (Lipinski definition) is 3. The molecule has 0 aromatic carbocycles. The Hall–Kier alpha value is -1.06. The average Bonchev–Trinajstić information content (AvgIpc) is 1.87. The molecule has 0 saturated carbocycles. The maximum atomic E-state index is 10.7. The summed E-state index contributed by atoms with van der Waals surface area (Å²) in [5.74, 6) is -1.26. The predicted octanol–water partition coefficient (Wildman–Crippen LogP) is -0.706. The first-order valence-corrected chi connectivity index (χ1v) is 3.05. The minimum Gasteiger partial charge on any atom is -0.468 e. The molecule has 1 rings (SSSR count). The molecule has 0 bridgehead atoms. The summed E-state index contributed by atoms with van der Waals surface area (Å²) in [5.41, 5.74) is 0. The number of nitrogens with one attached hydrogen (secondary N) is 1. The number of rotatable bonds is 1. The number of esters is 1. The lowest BCUT2D eigenvalue weighted by atomic mass is 9.92. The van der Waals surface area contributed by atoms with Crippen LogP contribution in [0.25, 0.3) is 0 Å². The van der Waals surface area contributed by atoms with E-state index in [1.807, 2.05) is 0 Å². The fraction of sp³-hybridized carbons (Fsp3) is 0.667. The average molecular weight is 143 g/mol. The van der Waals surface area contributed by atoms with Crippen LogP contribution in [0.1, 0.15) is 6.92 Å². The Labute approximate surface area is 58.5 Å². The molecule has 4 nitrogen and oxygen atoms in total. The van der Waals surface area contributed by atoms with Crippen molar-refractivity contribution in [2.75, 3.05) is 7.11 Å². The highest BCUT2D eigenvalue weighted by molar-refractivity contribution is 6.03. The Morgan fingerprint density at radius 2 is 2.30 bits per heavy atom. The zero-order valence-electron chi connectivity index (χ0n) is 5.88. The van der Waals surface area contributed by atoms with Gasteiger partial charge in [0.1, 0.15) is 0 Å². The van der Waals surface area contributed by atoms with Crippen molar-refractivity contribution >= 4 is 11.9 Å². The third-order valence-corrected chi connectivity index (χ3v) is 1.61. The maximum Gasteiger partial charge on any atom is 0.320 e. The number of carbonyl (C=O) groups excluding carboxylic acids is 2. The molecule has 0 aromatic rings. The molecule has 1 saturated heterocycles. The van der Waals surface area contributed by atoms with Crippen LogP contribution in [0, 0.1) is 5.92 Å². The fourth-order valence-electron chi connectivity index (χ4n) is 0.966. The van der Waals surface area contributed by atoms with Crippen LogP contribution < -0.4 is 5.32 Å².